The van der Waals surface area contributed by atoms with Crippen LogP contribution < -0.4 is 20.9 Å². The fourth-order valence-corrected chi connectivity index (χ4v) is 8.45. The van der Waals surface area contributed by atoms with Crippen molar-refractivity contribution in [2.24, 2.45) is 13.0 Å². The van der Waals surface area contributed by atoms with Crippen molar-refractivity contribution in [3.05, 3.63) is 94.7 Å². The smallest absolute Gasteiger partial charge is 0.262 e. The molecule has 55 heavy (non-hydrogen) atoms. The van der Waals surface area contributed by atoms with Crippen LogP contribution in [0.25, 0.3) is 11.0 Å². The first-order valence-corrected chi connectivity index (χ1v) is 18.8. The quantitative estimate of drug-likeness (QED) is 0.179. The van der Waals surface area contributed by atoms with E-state index in [0.29, 0.717) is 28.9 Å². The molecule has 3 fully saturated rings. The summed E-state index contributed by atoms with van der Waals surface area (Å²) in [7, 11) is 1.89. The molecule has 0 spiro atoms. The number of rotatable bonds is 9. The van der Waals surface area contributed by atoms with Gasteiger partial charge in [-0.05, 0) is 79.6 Å². The molecule has 2 atom stereocenters. The summed E-state index contributed by atoms with van der Waals surface area (Å²) in [5, 5.41) is 14.6. The second-order valence-electron chi connectivity index (χ2n) is 15.2. The molecule has 6 heterocycles. The Morgan fingerprint density at radius 3 is 2.40 bits per heavy atom. The minimum Gasteiger partial charge on any atom is -0.371 e. The molecule has 0 aliphatic carbocycles. The molecule has 0 saturated carbocycles. The van der Waals surface area contributed by atoms with Crippen LogP contribution in [0.15, 0.2) is 66.9 Å². The summed E-state index contributed by atoms with van der Waals surface area (Å²) in [5.74, 6) is 0.267. The number of piperidine rings is 1. The molecule has 3 aromatic carbocycles. The number of nitrogens with one attached hydrogen (secondary N) is 3. The minimum atomic E-state index is -0.963. The average Bonchev–Trinajstić information content (AvgIpc) is 3.82. The fraction of sp³-hybridized carbons (Fsp3) is 0.341. The highest BCUT2D eigenvalue weighted by atomic mass is 16.2. The van der Waals surface area contributed by atoms with Crippen LogP contribution in [0.3, 0.4) is 0 Å². The summed E-state index contributed by atoms with van der Waals surface area (Å²) in [4.78, 5) is 65.7. The first-order valence-electron chi connectivity index (χ1n) is 18.8. The maximum absolute atomic E-state index is 13.3. The zero-order valence-electron chi connectivity index (χ0n) is 31.0. The lowest BCUT2D eigenvalue weighted by atomic mass is 9.90. The topological polar surface area (TPSA) is 158 Å². The van der Waals surface area contributed by atoms with Crippen LogP contribution >= 0.6 is 0 Å². The van der Waals surface area contributed by atoms with Crippen LogP contribution in [0.4, 0.5) is 28.8 Å². The van der Waals surface area contributed by atoms with E-state index < -0.39 is 23.8 Å². The number of likely N-dealkylation sites (tertiary alicyclic amines) is 1. The standard InChI is InChI=1S/C41H42N10O4/c1-23-5-4-6-24(2)35(23)45-36-32-18-42-41(46-37(32)48(3)47-36)43-28-9-7-26(8-10-28)27-21-49(22-27)19-25-15-16-50(20-25)29-11-12-30-31(17-29)40(55)51(39(30)54)33-13-14-34(52)44-38(33)53/h4-12,17-18,25,27,33H,13-16,19-22H2,1-3H3,(H,45,47)(H,42,43,46)(H,44,52,53)/t25-,33?/m0/s1. The number of aromatic nitrogens is 4. The van der Waals surface area contributed by atoms with Gasteiger partial charge >= 0.3 is 0 Å². The van der Waals surface area contributed by atoms with Gasteiger partial charge in [-0.3, -0.25) is 29.4 Å². The van der Waals surface area contributed by atoms with Crippen molar-refractivity contribution in [2.75, 3.05) is 48.3 Å². The Balaban J connectivity index is 0.772. The predicted molar refractivity (Wildman–Crippen MR) is 208 cm³/mol. The summed E-state index contributed by atoms with van der Waals surface area (Å²) in [6.45, 7) is 8.92. The van der Waals surface area contributed by atoms with Gasteiger partial charge in [-0.25, -0.2) is 9.67 Å². The number of hydrogen-bond donors (Lipinski definition) is 3. The number of hydrogen-bond acceptors (Lipinski definition) is 11. The zero-order valence-corrected chi connectivity index (χ0v) is 31.0. The third-order valence-electron chi connectivity index (χ3n) is 11.5. The Labute approximate surface area is 317 Å². The summed E-state index contributed by atoms with van der Waals surface area (Å²) in [6.07, 6.45) is 3.10. The molecule has 5 aromatic rings. The monoisotopic (exact) mass is 738 g/mol. The highest BCUT2D eigenvalue weighted by Crippen LogP contribution is 2.35. The van der Waals surface area contributed by atoms with E-state index in [9.17, 15) is 19.2 Å². The number of carbonyl (C=O) groups excluding carboxylic acids is 4. The van der Waals surface area contributed by atoms with Gasteiger partial charge in [0.25, 0.3) is 11.8 Å². The van der Waals surface area contributed by atoms with E-state index in [1.165, 1.54) is 5.56 Å². The van der Waals surface area contributed by atoms with Gasteiger partial charge in [0.15, 0.2) is 11.5 Å². The molecule has 9 rings (SSSR count). The molecule has 3 saturated heterocycles. The molecular weight excluding hydrogens is 697 g/mol. The SMILES string of the molecule is Cc1cccc(C)c1Nc1nn(C)c2nc(Nc3ccc(C4CN(C[C@@H]5CCN(c6ccc7c(c6)C(=O)N(C6CCC(=O)NC6=O)C7=O)C5)C4)cc3)ncc12. The molecular formula is C41H42N10O4. The number of imide groups is 2. The van der Waals surface area contributed by atoms with Crippen LogP contribution in [-0.4, -0.2) is 91.9 Å². The number of aryl methyl sites for hydroxylation is 3. The Hall–Kier alpha value is -6.15. The van der Waals surface area contributed by atoms with Crippen molar-refractivity contribution in [2.45, 2.75) is 45.1 Å². The third kappa shape index (κ3) is 6.35. The van der Waals surface area contributed by atoms with Crippen molar-refractivity contribution in [3.8, 4) is 0 Å². The van der Waals surface area contributed by atoms with Crippen LogP contribution in [0.5, 0.6) is 0 Å². The van der Waals surface area contributed by atoms with Crippen LogP contribution in [0.2, 0.25) is 0 Å². The van der Waals surface area contributed by atoms with E-state index in [1.54, 1.807) is 16.8 Å². The Morgan fingerprint density at radius 1 is 0.873 bits per heavy atom. The van der Waals surface area contributed by atoms with E-state index in [-0.39, 0.29) is 18.7 Å². The number of carbonyl (C=O) groups is 4. The molecule has 4 aliphatic heterocycles. The lowest BCUT2D eigenvalue weighted by molar-refractivity contribution is -0.136. The highest BCUT2D eigenvalue weighted by Gasteiger charge is 2.45. The van der Waals surface area contributed by atoms with Crippen molar-refractivity contribution in [1.29, 1.82) is 0 Å². The summed E-state index contributed by atoms with van der Waals surface area (Å²) >= 11 is 0. The zero-order chi connectivity index (χ0) is 38.0. The molecule has 14 nitrogen and oxygen atoms in total. The van der Waals surface area contributed by atoms with E-state index in [2.05, 4.69) is 86.1 Å². The van der Waals surface area contributed by atoms with Gasteiger partial charge in [-0.15, -0.1) is 0 Å². The molecule has 14 heteroatoms. The minimum absolute atomic E-state index is 0.0993. The first-order chi connectivity index (χ1) is 26.6. The van der Waals surface area contributed by atoms with E-state index in [0.717, 1.165) is 89.1 Å². The number of para-hydroxylation sites is 1. The van der Waals surface area contributed by atoms with Crippen molar-refractivity contribution in [3.63, 3.8) is 0 Å². The van der Waals surface area contributed by atoms with E-state index in [4.69, 9.17) is 4.98 Å². The van der Waals surface area contributed by atoms with Gasteiger partial charge in [0.05, 0.1) is 16.5 Å². The molecule has 4 amide bonds. The van der Waals surface area contributed by atoms with Crippen LogP contribution in [-0.2, 0) is 16.6 Å². The van der Waals surface area contributed by atoms with Crippen molar-refractivity contribution >= 4 is 63.5 Å². The summed E-state index contributed by atoms with van der Waals surface area (Å²) in [5.41, 5.74) is 7.83. The second kappa shape index (κ2) is 13.6. The third-order valence-corrected chi connectivity index (χ3v) is 11.5. The molecule has 3 N–H and O–H groups in total. The van der Waals surface area contributed by atoms with Crippen molar-refractivity contribution in [1.82, 2.24) is 34.9 Å². The van der Waals surface area contributed by atoms with Crippen LogP contribution in [0.1, 0.15) is 62.6 Å². The fourth-order valence-electron chi connectivity index (χ4n) is 8.45. The lowest BCUT2D eigenvalue weighted by Gasteiger charge is -2.41. The van der Waals surface area contributed by atoms with Crippen molar-refractivity contribution < 1.29 is 19.2 Å². The molecule has 280 valence electrons. The second-order valence-corrected chi connectivity index (χ2v) is 15.2. The highest BCUT2D eigenvalue weighted by molar-refractivity contribution is 6.23. The van der Waals surface area contributed by atoms with Gasteiger partial charge in [-0.1, -0.05) is 30.3 Å². The van der Waals surface area contributed by atoms with Crippen LogP contribution in [0, 0.1) is 19.8 Å². The Morgan fingerprint density at radius 2 is 1.64 bits per heavy atom. The van der Waals surface area contributed by atoms with E-state index in [1.807, 2.05) is 25.4 Å². The predicted octanol–water partition coefficient (Wildman–Crippen LogP) is 4.79. The van der Waals surface area contributed by atoms with Gasteiger partial charge in [0, 0.05) is 75.4 Å². The van der Waals surface area contributed by atoms with Gasteiger partial charge in [0.2, 0.25) is 17.8 Å². The number of benzene rings is 3. The van der Waals surface area contributed by atoms with Gasteiger partial charge in [0.1, 0.15) is 6.04 Å². The molecule has 0 radical (unpaired) electrons. The number of anilines is 5. The average molecular weight is 739 g/mol. The number of fused-ring (bicyclic) bond motifs is 2. The summed E-state index contributed by atoms with van der Waals surface area (Å²) in [6, 6.07) is 19.1. The molecule has 0 bridgehead atoms. The van der Waals surface area contributed by atoms with Gasteiger partial charge in [-0.2, -0.15) is 10.1 Å². The molecule has 4 aliphatic rings. The molecule has 1 unspecified atom stereocenters. The Bertz CT molecular complexity index is 2360. The number of nitrogens with zero attached hydrogens (tertiary/aromatic N) is 7. The Kier molecular flexibility index (Phi) is 8.56. The van der Waals surface area contributed by atoms with E-state index >= 15 is 0 Å². The van der Waals surface area contributed by atoms with Gasteiger partial charge < -0.3 is 20.4 Å². The summed E-state index contributed by atoms with van der Waals surface area (Å²) < 4.78 is 1.77. The lowest BCUT2D eigenvalue weighted by Crippen LogP contribution is -2.54. The largest absolute Gasteiger partial charge is 0.371 e. The maximum atomic E-state index is 13.3. The normalized spacial score (nSPS) is 20.3. The maximum Gasteiger partial charge on any atom is 0.262 e. The first kappa shape index (κ1) is 34.6. The number of amides is 4. The molecule has 2 aromatic heterocycles.